The second-order valence-electron chi connectivity index (χ2n) is 18.2. The number of carbonyl (C=O) groups is 1. The maximum absolute atomic E-state index is 13.0. The predicted octanol–water partition coefficient (Wildman–Crippen LogP) is 10.3. The van der Waals surface area contributed by atoms with Crippen molar-refractivity contribution in [2.45, 2.75) is 120 Å². The Balaban J connectivity index is 1.19. The van der Waals surface area contributed by atoms with E-state index in [0.717, 1.165) is 49.8 Å². The number of aliphatic carboxylic acids is 1. The Labute approximate surface area is 271 Å². The number of hydrogen-bond donors (Lipinski definition) is 1. The van der Waals surface area contributed by atoms with Gasteiger partial charge in [-0.15, -0.1) is 4.68 Å². The van der Waals surface area contributed by atoms with Crippen LogP contribution in [0.25, 0.3) is 5.70 Å². The van der Waals surface area contributed by atoms with E-state index in [-0.39, 0.29) is 33.0 Å². The Morgan fingerprint density at radius 2 is 1.71 bits per heavy atom. The van der Waals surface area contributed by atoms with Gasteiger partial charge in [0.1, 0.15) is 11.4 Å². The average molecular weight is 611 g/mol. The highest BCUT2D eigenvalue weighted by atomic mass is 16.4. The van der Waals surface area contributed by atoms with Crippen LogP contribution in [-0.4, -0.2) is 22.0 Å². The topological polar surface area (TPSA) is 65.0 Å². The predicted molar refractivity (Wildman–Crippen MR) is 181 cm³/mol. The first-order valence-corrected chi connectivity index (χ1v) is 17.8. The molecule has 4 unspecified atom stereocenters. The summed E-state index contributed by atoms with van der Waals surface area (Å²) in [6.07, 6.45) is 17.8. The average Bonchev–Trinajstić information content (AvgIpc) is 3.43. The fourth-order valence-corrected chi connectivity index (χ4v) is 12.4. The van der Waals surface area contributed by atoms with Crippen molar-refractivity contribution in [3.05, 3.63) is 53.2 Å². The lowest BCUT2D eigenvalue weighted by Gasteiger charge is -2.71. The Bertz CT molecular complexity index is 1550. The molecule has 1 aliphatic heterocycles. The van der Waals surface area contributed by atoms with Gasteiger partial charge in [-0.05, 0) is 122 Å². The molecular weight excluding hydrogens is 554 g/mol. The van der Waals surface area contributed by atoms with Crippen molar-refractivity contribution in [3.63, 3.8) is 0 Å². The molecule has 7 rings (SSSR count). The van der Waals surface area contributed by atoms with Crippen molar-refractivity contribution in [1.82, 2.24) is 0 Å². The molecule has 8 atom stereocenters. The summed E-state index contributed by atoms with van der Waals surface area (Å²) in [6, 6.07) is 8.50. The van der Waals surface area contributed by atoms with Gasteiger partial charge in [0.15, 0.2) is 6.20 Å². The molecule has 0 radical (unpaired) electrons. The maximum Gasteiger partial charge on any atom is 0.310 e. The van der Waals surface area contributed by atoms with Crippen LogP contribution in [0, 0.1) is 63.1 Å². The highest BCUT2D eigenvalue weighted by molar-refractivity contribution is 5.76. The maximum atomic E-state index is 13.0. The smallest absolute Gasteiger partial charge is 0.310 e. The number of rotatable bonds is 3. The standard InChI is InChI=1S/C40H55N3O2/c1-26-10-9-11-27(22-26)31-25-43(42-41-31)24-28-14-16-37(6)32(36(28,4)5)15-17-39(8)33(37)13-12-29-30-23-35(2,3)18-20-40(30,34(44)45)21-19-38(29,39)7/h9-12,22,24-25,28,30,32-33H,13-21,23H2,1-8H3/p+1/b43-24-/t28?,30?,32?,33?,37-,38+,39+,40-/m0/s1. The second kappa shape index (κ2) is 9.97. The van der Waals surface area contributed by atoms with E-state index in [1.54, 1.807) is 0 Å². The van der Waals surface area contributed by atoms with Gasteiger partial charge in [-0.3, -0.25) is 4.79 Å². The van der Waals surface area contributed by atoms with Crippen molar-refractivity contribution in [2.75, 3.05) is 0 Å². The highest BCUT2D eigenvalue weighted by Gasteiger charge is 2.69. The van der Waals surface area contributed by atoms with Crippen LogP contribution in [-0.2, 0) is 4.79 Å². The first kappa shape index (κ1) is 31.1. The van der Waals surface area contributed by atoms with Crippen LogP contribution >= 0.6 is 0 Å². The van der Waals surface area contributed by atoms with Gasteiger partial charge in [0, 0.05) is 11.5 Å². The molecule has 1 aromatic carbocycles. The van der Waals surface area contributed by atoms with Crippen LogP contribution in [0.4, 0.5) is 0 Å². The summed E-state index contributed by atoms with van der Waals surface area (Å²) in [5.41, 5.74) is 5.11. The van der Waals surface area contributed by atoms with Crippen LogP contribution in [0.1, 0.15) is 124 Å². The van der Waals surface area contributed by atoms with Crippen molar-refractivity contribution >= 4 is 17.9 Å². The summed E-state index contributed by atoms with van der Waals surface area (Å²) in [5.74, 6) is 1.32. The third-order valence-electron chi connectivity index (χ3n) is 15.3. The summed E-state index contributed by atoms with van der Waals surface area (Å²) in [4.78, 5) is 13.0. The fraction of sp³-hybridized carbons (Fsp3) is 0.700. The highest BCUT2D eigenvalue weighted by Crippen LogP contribution is 2.76. The largest absolute Gasteiger partial charge is 0.481 e. The molecule has 5 heteroatoms. The zero-order chi connectivity index (χ0) is 32.2. The van der Waals surface area contributed by atoms with Gasteiger partial charge in [0.05, 0.1) is 10.5 Å². The molecular formula is C40H56N3O2+. The van der Waals surface area contributed by atoms with E-state index in [4.69, 9.17) is 0 Å². The minimum Gasteiger partial charge on any atom is -0.481 e. The van der Waals surface area contributed by atoms with Crippen molar-refractivity contribution in [2.24, 2.45) is 66.5 Å². The lowest BCUT2D eigenvalue weighted by atomic mass is 9.33. The number of fused-ring (bicyclic) bond motifs is 7. The number of carboxylic acid groups (broad SMARTS) is 1. The normalized spacial score (nSPS) is 43.8. The molecule has 0 saturated heterocycles. The number of allylic oxidation sites excluding steroid dienone is 2. The number of aryl methyl sites for hydroxylation is 1. The fourth-order valence-electron chi connectivity index (χ4n) is 12.4. The van der Waals surface area contributed by atoms with Crippen LogP contribution in [0.15, 0.2) is 52.5 Å². The molecule has 5 nitrogen and oxygen atoms in total. The lowest BCUT2D eigenvalue weighted by molar-refractivity contribution is -0.462. The molecule has 0 spiro atoms. The quantitative estimate of drug-likeness (QED) is 0.273. The second-order valence-corrected chi connectivity index (χ2v) is 18.2. The van der Waals surface area contributed by atoms with Crippen LogP contribution in [0.3, 0.4) is 0 Å². The Morgan fingerprint density at radius 3 is 2.44 bits per heavy atom. The Kier molecular flexibility index (Phi) is 6.88. The molecule has 4 saturated carbocycles. The SMILES string of the molecule is Cc1cccc(C2=C/[N+](=C/C3CC[C@@]4(C)C(CC[C@]5(C)C4CC=C4C6CC(C)(C)CC[C@]6(C(=O)O)CC[C@]45C)C3(C)C)N=N2)c1. The van der Waals surface area contributed by atoms with Gasteiger partial charge in [-0.1, -0.05) is 83.9 Å². The van der Waals surface area contributed by atoms with Gasteiger partial charge in [0.25, 0.3) is 5.70 Å². The van der Waals surface area contributed by atoms with Gasteiger partial charge in [-0.25, -0.2) is 0 Å². The summed E-state index contributed by atoms with van der Waals surface area (Å²) in [5, 5.41) is 19.8. The molecule has 1 heterocycles. The van der Waals surface area contributed by atoms with E-state index in [9.17, 15) is 9.90 Å². The van der Waals surface area contributed by atoms with E-state index in [0.29, 0.717) is 17.8 Å². The summed E-state index contributed by atoms with van der Waals surface area (Å²) >= 11 is 0. The summed E-state index contributed by atoms with van der Waals surface area (Å²) in [6.45, 7) is 19.7. The van der Waals surface area contributed by atoms with Crippen molar-refractivity contribution in [3.8, 4) is 0 Å². The van der Waals surface area contributed by atoms with E-state index in [1.165, 1.54) is 36.8 Å². The molecule has 1 aromatic rings. The zero-order valence-corrected chi connectivity index (χ0v) is 29.1. The van der Waals surface area contributed by atoms with Crippen molar-refractivity contribution < 1.29 is 14.6 Å². The zero-order valence-electron chi connectivity index (χ0n) is 29.1. The molecule has 242 valence electrons. The molecule has 5 aliphatic carbocycles. The summed E-state index contributed by atoms with van der Waals surface area (Å²) < 4.78 is 1.98. The molecule has 1 N–H and O–H groups in total. The molecule has 45 heavy (non-hydrogen) atoms. The van der Waals surface area contributed by atoms with E-state index in [2.05, 4.69) is 108 Å². The first-order chi connectivity index (χ1) is 21.1. The Hall–Kier alpha value is -2.56. The van der Waals surface area contributed by atoms with Gasteiger partial charge in [-0.2, -0.15) is 0 Å². The monoisotopic (exact) mass is 610 g/mol. The van der Waals surface area contributed by atoms with Crippen LogP contribution in [0.5, 0.6) is 0 Å². The molecule has 6 aliphatic rings. The summed E-state index contributed by atoms with van der Waals surface area (Å²) in [7, 11) is 0. The minimum atomic E-state index is -0.568. The van der Waals surface area contributed by atoms with Gasteiger partial charge >= 0.3 is 5.97 Å². The van der Waals surface area contributed by atoms with E-state index >= 15 is 0 Å². The molecule has 0 aromatic heterocycles. The number of benzene rings is 1. The Morgan fingerprint density at radius 1 is 0.956 bits per heavy atom. The minimum absolute atomic E-state index is 0.0704. The number of hydrogen-bond acceptors (Lipinski definition) is 3. The van der Waals surface area contributed by atoms with E-state index < -0.39 is 11.4 Å². The molecule has 0 amide bonds. The van der Waals surface area contributed by atoms with Gasteiger partial charge < -0.3 is 5.11 Å². The van der Waals surface area contributed by atoms with Crippen LogP contribution < -0.4 is 0 Å². The third-order valence-corrected chi connectivity index (χ3v) is 15.3. The number of carboxylic acids is 1. The lowest BCUT2D eigenvalue weighted by Crippen LogP contribution is -2.64. The van der Waals surface area contributed by atoms with E-state index in [1.807, 2.05) is 4.68 Å². The van der Waals surface area contributed by atoms with Crippen molar-refractivity contribution in [1.29, 1.82) is 0 Å². The van der Waals surface area contributed by atoms with Gasteiger partial charge in [0.2, 0.25) is 0 Å². The molecule has 4 fully saturated rings. The third kappa shape index (κ3) is 4.37. The van der Waals surface area contributed by atoms with Crippen LogP contribution in [0.2, 0.25) is 0 Å². The first-order valence-electron chi connectivity index (χ1n) is 17.8. The molecule has 0 bridgehead atoms. The number of nitrogens with zero attached hydrogens (tertiary/aromatic N) is 3.